The fourth-order valence-corrected chi connectivity index (χ4v) is 4.24. The topological polar surface area (TPSA) is 31.9 Å². The maximum atomic E-state index is 14.8. The molecule has 2 aromatic heterocycles. The first-order chi connectivity index (χ1) is 13.3. The van der Waals surface area contributed by atoms with Crippen molar-refractivity contribution in [1.82, 2.24) is 14.9 Å². The minimum atomic E-state index is -0.162. The summed E-state index contributed by atoms with van der Waals surface area (Å²) in [7, 11) is 0. The normalized spacial score (nSPS) is 17.1. The Balaban J connectivity index is 1.65. The molecule has 2 aromatic carbocycles. The van der Waals surface area contributed by atoms with Gasteiger partial charge in [0.15, 0.2) is 0 Å². The number of halogens is 1. The van der Waals surface area contributed by atoms with Crippen LogP contribution in [0.15, 0.2) is 73.1 Å². The van der Waals surface area contributed by atoms with E-state index in [-0.39, 0.29) is 11.9 Å². The first-order valence-corrected chi connectivity index (χ1v) is 9.28. The van der Waals surface area contributed by atoms with Crippen LogP contribution in [0.25, 0.3) is 10.9 Å². The number of pyridine rings is 1. The number of nitrogens with zero attached hydrogens (tertiary/aromatic N) is 2. The first-order valence-electron chi connectivity index (χ1n) is 9.28. The molecule has 1 N–H and O–H groups in total. The van der Waals surface area contributed by atoms with Crippen LogP contribution in [-0.4, -0.2) is 21.4 Å². The molecule has 0 saturated heterocycles. The van der Waals surface area contributed by atoms with Crippen molar-refractivity contribution < 1.29 is 4.39 Å². The van der Waals surface area contributed by atoms with E-state index in [1.54, 1.807) is 18.3 Å². The molecule has 4 aromatic rings. The van der Waals surface area contributed by atoms with Gasteiger partial charge in [0.25, 0.3) is 0 Å². The zero-order chi connectivity index (χ0) is 18.2. The van der Waals surface area contributed by atoms with Crippen molar-refractivity contribution in [2.75, 3.05) is 6.54 Å². The van der Waals surface area contributed by atoms with E-state index in [4.69, 9.17) is 0 Å². The largest absolute Gasteiger partial charge is 0.357 e. The van der Waals surface area contributed by atoms with Crippen molar-refractivity contribution in [3.8, 4) is 0 Å². The summed E-state index contributed by atoms with van der Waals surface area (Å²) in [5, 5.41) is 1.25. The summed E-state index contributed by atoms with van der Waals surface area (Å²) in [4.78, 5) is 10.2. The van der Waals surface area contributed by atoms with E-state index in [0.717, 1.165) is 36.3 Å². The average Bonchev–Trinajstić information content (AvgIpc) is 3.08. The Morgan fingerprint density at radius 1 is 1.04 bits per heavy atom. The van der Waals surface area contributed by atoms with Gasteiger partial charge in [0.05, 0.1) is 6.04 Å². The van der Waals surface area contributed by atoms with Crippen LogP contribution in [0.3, 0.4) is 0 Å². The lowest BCUT2D eigenvalue weighted by molar-refractivity contribution is 0.198. The molecule has 1 atom stereocenters. The number of fused-ring (bicyclic) bond motifs is 3. The van der Waals surface area contributed by atoms with Crippen LogP contribution in [0.2, 0.25) is 0 Å². The molecular formula is C23H20FN3. The second kappa shape index (κ2) is 6.63. The third-order valence-electron chi connectivity index (χ3n) is 5.44. The molecule has 3 nitrogen and oxygen atoms in total. The molecule has 0 radical (unpaired) electrons. The first kappa shape index (κ1) is 16.2. The fraction of sp³-hybridized carbons (Fsp3) is 0.174. The van der Waals surface area contributed by atoms with Crippen LogP contribution in [-0.2, 0) is 13.0 Å². The van der Waals surface area contributed by atoms with Crippen molar-refractivity contribution >= 4 is 10.9 Å². The summed E-state index contributed by atoms with van der Waals surface area (Å²) in [6.07, 6.45) is 4.62. The Hall–Kier alpha value is -2.98. The van der Waals surface area contributed by atoms with E-state index in [1.807, 2.05) is 30.5 Å². The Morgan fingerprint density at radius 2 is 1.89 bits per heavy atom. The van der Waals surface area contributed by atoms with Crippen LogP contribution in [0.4, 0.5) is 4.39 Å². The molecule has 0 fully saturated rings. The van der Waals surface area contributed by atoms with Crippen molar-refractivity contribution in [2.24, 2.45) is 0 Å². The Bertz CT molecular complexity index is 1090. The zero-order valence-corrected chi connectivity index (χ0v) is 14.9. The SMILES string of the molecule is Fc1ccccc1C1c2[nH]c3ccccc3c2CCN1Cc1cccnc1. The number of rotatable bonds is 3. The van der Waals surface area contributed by atoms with Crippen LogP contribution in [0, 0.1) is 5.82 Å². The molecule has 134 valence electrons. The Morgan fingerprint density at radius 3 is 2.74 bits per heavy atom. The highest BCUT2D eigenvalue weighted by Gasteiger charge is 2.33. The van der Waals surface area contributed by atoms with Gasteiger partial charge in [0, 0.05) is 47.6 Å². The summed E-state index contributed by atoms with van der Waals surface area (Å²) in [5.41, 5.74) is 5.39. The van der Waals surface area contributed by atoms with Crippen molar-refractivity contribution in [2.45, 2.75) is 19.0 Å². The van der Waals surface area contributed by atoms with Gasteiger partial charge in [-0.1, -0.05) is 42.5 Å². The highest BCUT2D eigenvalue weighted by molar-refractivity contribution is 5.85. The lowest BCUT2D eigenvalue weighted by Crippen LogP contribution is -2.36. The number of H-pyrrole nitrogens is 1. The molecule has 27 heavy (non-hydrogen) atoms. The summed E-state index contributed by atoms with van der Waals surface area (Å²) < 4.78 is 14.8. The predicted octanol–water partition coefficient (Wildman–Crippen LogP) is 4.85. The van der Waals surface area contributed by atoms with E-state index in [2.05, 4.69) is 39.1 Å². The predicted molar refractivity (Wildman–Crippen MR) is 105 cm³/mol. The molecule has 3 heterocycles. The number of hydrogen-bond donors (Lipinski definition) is 1. The molecular weight excluding hydrogens is 337 g/mol. The van der Waals surface area contributed by atoms with Gasteiger partial charge in [-0.05, 0) is 35.7 Å². The van der Waals surface area contributed by atoms with Crippen molar-refractivity contribution in [3.05, 3.63) is 101 Å². The van der Waals surface area contributed by atoms with Gasteiger partial charge in [-0.3, -0.25) is 9.88 Å². The lowest BCUT2D eigenvalue weighted by Gasteiger charge is -2.36. The quantitative estimate of drug-likeness (QED) is 0.568. The second-order valence-corrected chi connectivity index (χ2v) is 7.07. The van der Waals surface area contributed by atoms with Gasteiger partial charge in [0.1, 0.15) is 5.82 Å². The summed E-state index contributed by atoms with van der Waals surface area (Å²) in [5.74, 6) is -0.162. The molecule has 0 bridgehead atoms. The van der Waals surface area contributed by atoms with E-state index in [1.165, 1.54) is 10.9 Å². The minimum absolute atomic E-state index is 0.137. The fourth-order valence-electron chi connectivity index (χ4n) is 4.24. The third-order valence-corrected chi connectivity index (χ3v) is 5.44. The van der Waals surface area contributed by atoms with E-state index in [9.17, 15) is 4.39 Å². The van der Waals surface area contributed by atoms with E-state index >= 15 is 0 Å². The highest BCUT2D eigenvalue weighted by atomic mass is 19.1. The zero-order valence-electron chi connectivity index (χ0n) is 14.9. The van der Waals surface area contributed by atoms with E-state index < -0.39 is 0 Å². The average molecular weight is 357 g/mol. The number of nitrogens with one attached hydrogen (secondary N) is 1. The lowest BCUT2D eigenvalue weighted by atomic mass is 9.91. The number of aromatic nitrogens is 2. The van der Waals surface area contributed by atoms with Crippen LogP contribution >= 0.6 is 0 Å². The summed E-state index contributed by atoms with van der Waals surface area (Å²) in [6.45, 7) is 1.62. The van der Waals surface area contributed by atoms with Crippen LogP contribution in [0.1, 0.15) is 28.4 Å². The molecule has 0 saturated carbocycles. The third kappa shape index (κ3) is 2.82. The van der Waals surface area contributed by atoms with Crippen LogP contribution < -0.4 is 0 Å². The van der Waals surface area contributed by atoms with Gasteiger partial charge in [-0.25, -0.2) is 4.39 Å². The molecule has 1 aliphatic heterocycles. The van der Waals surface area contributed by atoms with Crippen molar-refractivity contribution in [1.29, 1.82) is 0 Å². The number of benzene rings is 2. The maximum absolute atomic E-state index is 14.8. The van der Waals surface area contributed by atoms with Gasteiger partial charge in [-0.15, -0.1) is 0 Å². The standard InChI is InChI=1S/C23H20FN3/c24-20-9-3-1-8-19(20)23-22-18(17-7-2-4-10-21(17)26-22)11-13-27(23)15-16-6-5-12-25-14-16/h1-10,12,14,23,26H,11,13,15H2. The minimum Gasteiger partial charge on any atom is -0.357 e. The van der Waals surface area contributed by atoms with Gasteiger partial charge < -0.3 is 4.98 Å². The van der Waals surface area contributed by atoms with E-state index in [0.29, 0.717) is 5.56 Å². The monoisotopic (exact) mass is 357 g/mol. The maximum Gasteiger partial charge on any atom is 0.128 e. The molecule has 1 unspecified atom stereocenters. The highest BCUT2D eigenvalue weighted by Crippen LogP contribution is 2.39. The molecule has 0 aliphatic carbocycles. The Kier molecular flexibility index (Phi) is 3.98. The smallest absolute Gasteiger partial charge is 0.128 e. The second-order valence-electron chi connectivity index (χ2n) is 7.07. The van der Waals surface area contributed by atoms with Gasteiger partial charge in [-0.2, -0.15) is 0 Å². The summed E-state index contributed by atoms with van der Waals surface area (Å²) in [6, 6.07) is 19.4. The van der Waals surface area contributed by atoms with Gasteiger partial charge >= 0.3 is 0 Å². The van der Waals surface area contributed by atoms with Crippen molar-refractivity contribution in [3.63, 3.8) is 0 Å². The summed E-state index contributed by atoms with van der Waals surface area (Å²) >= 11 is 0. The number of aromatic amines is 1. The number of para-hydroxylation sites is 1. The Labute approximate surface area is 157 Å². The molecule has 1 aliphatic rings. The van der Waals surface area contributed by atoms with Crippen LogP contribution in [0.5, 0.6) is 0 Å². The number of hydrogen-bond acceptors (Lipinski definition) is 2. The van der Waals surface area contributed by atoms with Gasteiger partial charge in [0.2, 0.25) is 0 Å². The molecule has 5 rings (SSSR count). The molecule has 0 spiro atoms. The molecule has 0 amide bonds. The molecule has 4 heteroatoms.